The molecule has 0 radical (unpaired) electrons. The quantitative estimate of drug-likeness (QED) is 0.776. The monoisotopic (exact) mass is 301 g/mol. The molecule has 122 valence electrons. The third-order valence-electron chi connectivity index (χ3n) is 7.05. The van der Waals surface area contributed by atoms with Crippen molar-refractivity contribution in [3.05, 3.63) is 23.3 Å². The van der Waals surface area contributed by atoms with Crippen molar-refractivity contribution in [3.8, 4) is 0 Å². The van der Waals surface area contributed by atoms with Crippen LogP contribution in [0.3, 0.4) is 0 Å². The Morgan fingerprint density at radius 1 is 1.32 bits per heavy atom. The predicted molar refractivity (Wildman–Crippen MR) is 86.9 cm³/mol. The Bertz CT molecular complexity index is 542. The fourth-order valence-corrected chi connectivity index (χ4v) is 5.59. The van der Waals surface area contributed by atoms with Crippen molar-refractivity contribution in [2.45, 2.75) is 66.2 Å². The second-order valence-electron chi connectivity index (χ2n) is 8.52. The van der Waals surface area contributed by atoms with Gasteiger partial charge in [0, 0.05) is 11.4 Å². The average Bonchev–Trinajstić information content (AvgIpc) is 2.46. The van der Waals surface area contributed by atoms with E-state index in [2.05, 4.69) is 32.9 Å². The maximum absolute atomic E-state index is 11.8. The molecule has 3 rings (SSSR count). The van der Waals surface area contributed by atoms with Gasteiger partial charge in [0.15, 0.2) is 0 Å². The molecule has 0 aromatic carbocycles. The standard InChI is InChI=1S/C20H30O2/c1-13(2)14-6-8-16-15(12-14)7-9-17-19(16,3)10-5-11-20(17,4)18(21)22/h7,12-13,16-17H,5-6,8-11H2,1-4H3,(H,21,22)/p-1/t16-,17-,19+,20-/m0/s1. The first-order valence-corrected chi connectivity index (χ1v) is 8.91. The summed E-state index contributed by atoms with van der Waals surface area (Å²) in [6, 6.07) is 0. The minimum atomic E-state index is -0.838. The van der Waals surface area contributed by atoms with Gasteiger partial charge in [-0.3, -0.25) is 0 Å². The van der Waals surface area contributed by atoms with Crippen LogP contribution < -0.4 is 5.11 Å². The van der Waals surface area contributed by atoms with Crippen molar-refractivity contribution in [3.63, 3.8) is 0 Å². The van der Waals surface area contributed by atoms with Gasteiger partial charge in [0.05, 0.1) is 0 Å². The molecule has 2 heteroatoms. The maximum atomic E-state index is 11.8. The Labute approximate surface area is 134 Å². The minimum absolute atomic E-state index is 0.121. The first-order chi connectivity index (χ1) is 10.3. The minimum Gasteiger partial charge on any atom is -0.550 e. The summed E-state index contributed by atoms with van der Waals surface area (Å²) in [5.41, 5.74) is 2.51. The highest BCUT2D eigenvalue weighted by atomic mass is 16.4. The van der Waals surface area contributed by atoms with Crippen LogP contribution in [0, 0.1) is 28.6 Å². The van der Waals surface area contributed by atoms with E-state index in [9.17, 15) is 9.90 Å². The van der Waals surface area contributed by atoms with Crippen molar-refractivity contribution in [1.29, 1.82) is 0 Å². The van der Waals surface area contributed by atoms with Crippen LogP contribution in [-0.4, -0.2) is 5.97 Å². The summed E-state index contributed by atoms with van der Waals surface area (Å²) in [6.45, 7) is 8.83. The number of carbonyl (C=O) groups is 1. The van der Waals surface area contributed by atoms with E-state index in [1.54, 1.807) is 5.57 Å². The van der Waals surface area contributed by atoms with Gasteiger partial charge in [0.2, 0.25) is 0 Å². The first kappa shape index (κ1) is 15.8. The Hall–Kier alpha value is -1.05. The molecule has 0 amide bonds. The lowest BCUT2D eigenvalue weighted by Gasteiger charge is -2.58. The fourth-order valence-electron chi connectivity index (χ4n) is 5.59. The van der Waals surface area contributed by atoms with Crippen LogP contribution >= 0.6 is 0 Å². The lowest BCUT2D eigenvalue weighted by molar-refractivity contribution is -0.326. The van der Waals surface area contributed by atoms with Crippen molar-refractivity contribution in [1.82, 2.24) is 0 Å². The number of rotatable bonds is 2. The van der Waals surface area contributed by atoms with E-state index in [4.69, 9.17) is 0 Å². The van der Waals surface area contributed by atoms with Crippen molar-refractivity contribution >= 4 is 5.97 Å². The molecular formula is C20H29O2-. The van der Waals surface area contributed by atoms with Crippen LogP contribution in [0.4, 0.5) is 0 Å². The van der Waals surface area contributed by atoms with E-state index in [0.29, 0.717) is 11.8 Å². The summed E-state index contributed by atoms with van der Waals surface area (Å²) in [5.74, 6) is 0.538. The van der Waals surface area contributed by atoms with Crippen LogP contribution in [0.25, 0.3) is 0 Å². The van der Waals surface area contributed by atoms with Crippen molar-refractivity contribution in [2.24, 2.45) is 28.6 Å². The number of carbonyl (C=O) groups excluding carboxylic acids is 1. The van der Waals surface area contributed by atoms with Gasteiger partial charge in [-0.1, -0.05) is 51.8 Å². The zero-order valence-electron chi connectivity index (χ0n) is 14.4. The van der Waals surface area contributed by atoms with E-state index >= 15 is 0 Å². The highest BCUT2D eigenvalue weighted by Gasteiger charge is 2.54. The molecule has 0 spiro atoms. The number of aliphatic carboxylic acids is 1. The predicted octanol–water partition coefficient (Wildman–Crippen LogP) is 3.87. The van der Waals surface area contributed by atoms with E-state index in [-0.39, 0.29) is 11.3 Å². The summed E-state index contributed by atoms with van der Waals surface area (Å²) in [4.78, 5) is 11.8. The summed E-state index contributed by atoms with van der Waals surface area (Å²) >= 11 is 0. The SMILES string of the molecule is CC(C)C1=CC2=CC[C@H]3[C@](C)(CCC[C@]3(C)C(=O)[O-])[C@H]2CC1. The molecule has 1 fully saturated rings. The third-order valence-corrected chi connectivity index (χ3v) is 7.05. The second kappa shape index (κ2) is 5.25. The highest BCUT2D eigenvalue weighted by molar-refractivity contribution is 5.73. The van der Waals surface area contributed by atoms with Gasteiger partial charge in [0.1, 0.15) is 0 Å². The van der Waals surface area contributed by atoms with Gasteiger partial charge in [-0.15, -0.1) is 0 Å². The molecule has 22 heavy (non-hydrogen) atoms. The molecule has 1 saturated carbocycles. The number of fused-ring (bicyclic) bond motifs is 3. The van der Waals surface area contributed by atoms with Gasteiger partial charge < -0.3 is 9.90 Å². The van der Waals surface area contributed by atoms with Gasteiger partial charge in [-0.2, -0.15) is 0 Å². The van der Waals surface area contributed by atoms with Crippen LogP contribution in [0.15, 0.2) is 23.3 Å². The Balaban J connectivity index is 2.00. The second-order valence-corrected chi connectivity index (χ2v) is 8.52. The lowest BCUT2D eigenvalue weighted by Crippen LogP contribution is -2.56. The van der Waals surface area contributed by atoms with Crippen LogP contribution in [0.1, 0.15) is 66.2 Å². The zero-order valence-corrected chi connectivity index (χ0v) is 14.4. The molecule has 3 aliphatic rings. The van der Waals surface area contributed by atoms with E-state index < -0.39 is 11.4 Å². The number of allylic oxidation sites excluding steroid dienone is 4. The molecule has 0 bridgehead atoms. The van der Waals surface area contributed by atoms with Crippen LogP contribution in [0.5, 0.6) is 0 Å². The smallest absolute Gasteiger partial charge is 0.0476 e. The Morgan fingerprint density at radius 2 is 2.05 bits per heavy atom. The first-order valence-electron chi connectivity index (χ1n) is 8.91. The van der Waals surface area contributed by atoms with Crippen molar-refractivity contribution < 1.29 is 9.90 Å². The molecule has 0 saturated heterocycles. The summed E-state index contributed by atoms with van der Waals surface area (Å²) in [5, 5.41) is 11.8. The zero-order chi connectivity index (χ0) is 16.1. The number of carboxylic acid groups (broad SMARTS) is 1. The summed E-state index contributed by atoms with van der Waals surface area (Å²) in [7, 11) is 0. The molecule has 4 atom stereocenters. The maximum Gasteiger partial charge on any atom is 0.0476 e. The molecule has 0 aromatic rings. The molecule has 0 heterocycles. The molecule has 0 N–H and O–H groups in total. The molecule has 0 aromatic heterocycles. The van der Waals surface area contributed by atoms with Gasteiger partial charge in [0.25, 0.3) is 0 Å². The summed E-state index contributed by atoms with van der Waals surface area (Å²) in [6.07, 6.45) is 11.0. The van der Waals surface area contributed by atoms with Crippen LogP contribution in [-0.2, 0) is 4.79 Å². The lowest BCUT2D eigenvalue weighted by atomic mass is 9.47. The number of carboxylic acids is 1. The number of hydrogen-bond donors (Lipinski definition) is 0. The Morgan fingerprint density at radius 3 is 2.68 bits per heavy atom. The molecule has 0 aliphatic heterocycles. The highest BCUT2D eigenvalue weighted by Crippen LogP contribution is 2.61. The number of hydrogen-bond acceptors (Lipinski definition) is 2. The summed E-state index contributed by atoms with van der Waals surface area (Å²) < 4.78 is 0. The average molecular weight is 301 g/mol. The topological polar surface area (TPSA) is 40.1 Å². The molecule has 3 aliphatic carbocycles. The van der Waals surface area contributed by atoms with E-state index in [1.165, 1.54) is 18.4 Å². The fraction of sp³-hybridized carbons (Fsp3) is 0.750. The Kier molecular flexibility index (Phi) is 3.78. The largest absolute Gasteiger partial charge is 0.550 e. The molecular weight excluding hydrogens is 272 g/mol. The molecule has 2 nitrogen and oxygen atoms in total. The van der Waals surface area contributed by atoms with Gasteiger partial charge in [-0.05, 0) is 60.8 Å². The van der Waals surface area contributed by atoms with Gasteiger partial charge >= 0.3 is 0 Å². The molecule has 0 unspecified atom stereocenters. The van der Waals surface area contributed by atoms with Crippen LogP contribution in [0.2, 0.25) is 0 Å². The van der Waals surface area contributed by atoms with E-state index in [1.807, 2.05) is 6.92 Å². The van der Waals surface area contributed by atoms with Crippen molar-refractivity contribution in [2.75, 3.05) is 0 Å². The normalized spacial score (nSPS) is 41.3. The van der Waals surface area contributed by atoms with Gasteiger partial charge in [-0.25, -0.2) is 0 Å². The van der Waals surface area contributed by atoms with E-state index in [0.717, 1.165) is 25.7 Å². The third kappa shape index (κ3) is 2.18.